The van der Waals surface area contributed by atoms with Gasteiger partial charge in [-0.3, -0.25) is 0 Å². The predicted molar refractivity (Wildman–Crippen MR) is 64.2 cm³/mol. The molecule has 0 aromatic rings. The molecule has 0 aliphatic carbocycles. The second kappa shape index (κ2) is 9.07. The van der Waals surface area contributed by atoms with Gasteiger partial charge in [0.15, 0.2) is 0 Å². The van der Waals surface area contributed by atoms with Gasteiger partial charge in [0.05, 0.1) is 6.67 Å². The highest BCUT2D eigenvalue weighted by Crippen LogP contribution is 2.08. The highest BCUT2D eigenvalue weighted by molar-refractivity contribution is 6.50. The minimum Gasteiger partial charge on any atom is -0.418 e. The van der Waals surface area contributed by atoms with Crippen molar-refractivity contribution in [3.63, 3.8) is 0 Å². The van der Waals surface area contributed by atoms with Crippen molar-refractivity contribution < 1.29 is 22.4 Å². The van der Waals surface area contributed by atoms with Crippen LogP contribution < -0.4 is 0 Å². The Morgan fingerprint density at radius 2 is 1.50 bits per heavy atom. The average Bonchev–Trinajstić information content (AvgIpc) is 2.69. The molecule has 0 radical (unpaired) electrons. The molecule has 1 heterocycles. The summed E-state index contributed by atoms with van der Waals surface area (Å²) in [7, 11) is -6.00. The molecule has 108 valence electrons. The van der Waals surface area contributed by atoms with Crippen LogP contribution in [0.5, 0.6) is 0 Å². The minimum absolute atomic E-state index is 0.291. The molecule has 8 heteroatoms. The van der Waals surface area contributed by atoms with Crippen LogP contribution in [0.25, 0.3) is 0 Å². The molecule has 1 N–H and O–H groups in total. The Morgan fingerprint density at radius 3 is 1.89 bits per heavy atom. The third-order valence-electron chi connectivity index (χ3n) is 2.25. The average molecular weight is 271 g/mol. The van der Waals surface area contributed by atoms with Gasteiger partial charge >= 0.3 is 7.25 Å². The lowest BCUT2D eigenvalue weighted by Crippen LogP contribution is -2.27. The van der Waals surface area contributed by atoms with Gasteiger partial charge in [0.25, 0.3) is 0 Å². The van der Waals surface area contributed by atoms with Gasteiger partial charge in [0.2, 0.25) is 0 Å². The smallest absolute Gasteiger partial charge is 0.418 e. The Bertz CT molecular complexity index is 216. The Hall–Kier alpha value is -0.915. The lowest BCUT2D eigenvalue weighted by Gasteiger charge is -2.20. The van der Waals surface area contributed by atoms with E-state index in [0.29, 0.717) is 6.61 Å². The Balaban J connectivity index is 0.000000494. The maximum Gasteiger partial charge on any atom is 0.673 e. The van der Waals surface area contributed by atoms with Gasteiger partial charge in [0.1, 0.15) is 0 Å². The number of rotatable bonds is 6. The first-order valence-electron chi connectivity index (χ1n) is 6.01. The van der Waals surface area contributed by atoms with Crippen LogP contribution >= 0.6 is 0 Å². The van der Waals surface area contributed by atoms with E-state index in [1.165, 1.54) is 12.8 Å². The first-order chi connectivity index (χ1) is 8.36. The monoisotopic (exact) mass is 271 g/mol. The van der Waals surface area contributed by atoms with Crippen LogP contribution in [-0.4, -0.2) is 48.5 Å². The molecule has 1 aliphatic heterocycles. The van der Waals surface area contributed by atoms with Crippen molar-refractivity contribution in [2.24, 2.45) is 0 Å². The summed E-state index contributed by atoms with van der Waals surface area (Å²) in [6.07, 6.45) is 7.64. The van der Waals surface area contributed by atoms with E-state index in [1.54, 1.807) is 0 Å². The van der Waals surface area contributed by atoms with Crippen LogP contribution in [0.3, 0.4) is 0 Å². The summed E-state index contributed by atoms with van der Waals surface area (Å²) in [5, 5.41) is 8.67. The number of halogens is 4. The molecule has 0 unspecified atom stereocenters. The van der Waals surface area contributed by atoms with Crippen LogP contribution in [0.15, 0.2) is 12.4 Å². The van der Waals surface area contributed by atoms with Gasteiger partial charge in [-0.25, -0.2) is 0 Å². The molecule has 3 nitrogen and oxygen atoms in total. The fraction of sp³-hybridized carbons (Fsp3) is 0.800. The molecule has 0 aromatic heterocycles. The SMILES string of the molecule is CCCCN1C=CN(CCCO)C1.F[B-](F)(F)F. The van der Waals surface area contributed by atoms with E-state index >= 15 is 0 Å². The van der Waals surface area contributed by atoms with Gasteiger partial charge in [-0.2, -0.15) is 0 Å². The standard InChI is InChI=1S/C10H20N2O.BF4/c1-2-3-5-11-7-8-12(10-11)6-4-9-13;2-1(3,4)5/h7-8,13H,2-6,9-10H2,1H3;/q;-1. The molecule has 0 amide bonds. The van der Waals surface area contributed by atoms with Gasteiger partial charge in [-0.15, -0.1) is 0 Å². The molecule has 0 spiro atoms. The third kappa shape index (κ3) is 11.6. The predicted octanol–water partition coefficient (Wildman–Crippen LogP) is 2.52. The summed E-state index contributed by atoms with van der Waals surface area (Å²) in [5.41, 5.74) is 0. The number of aliphatic hydroxyl groups excluding tert-OH is 1. The van der Waals surface area contributed by atoms with Crippen molar-refractivity contribution in [1.29, 1.82) is 0 Å². The van der Waals surface area contributed by atoms with E-state index in [-0.39, 0.29) is 0 Å². The number of unbranched alkanes of at least 4 members (excludes halogenated alkanes) is 1. The first-order valence-corrected chi connectivity index (χ1v) is 6.01. The summed E-state index contributed by atoms with van der Waals surface area (Å²) in [4.78, 5) is 4.56. The quantitative estimate of drug-likeness (QED) is 0.594. The lowest BCUT2D eigenvalue weighted by atomic mass is 10.3. The van der Waals surface area contributed by atoms with Crippen molar-refractivity contribution in [3.05, 3.63) is 12.4 Å². The Kier molecular flexibility index (Phi) is 8.61. The maximum atomic E-state index is 9.75. The summed E-state index contributed by atoms with van der Waals surface area (Å²) in [6.45, 7) is 5.63. The summed E-state index contributed by atoms with van der Waals surface area (Å²) in [6, 6.07) is 0. The van der Waals surface area contributed by atoms with Crippen molar-refractivity contribution in [2.75, 3.05) is 26.4 Å². The lowest BCUT2D eigenvalue weighted by molar-refractivity contribution is 0.228. The Morgan fingerprint density at radius 1 is 1.06 bits per heavy atom. The maximum absolute atomic E-state index is 9.75. The second-order valence-electron chi connectivity index (χ2n) is 3.99. The van der Waals surface area contributed by atoms with Gasteiger partial charge < -0.3 is 32.2 Å². The van der Waals surface area contributed by atoms with Crippen molar-refractivity contribution in [2.45, 2.75) is 26.2 Å². The molecule has 1 rings (SSSR count). The van der Waals surface area contributed by atoms with Crippen LogP contribution in [0.4, 0.5) is 17.3 Å². The zero-order valence-corrected chi connectivity index (χ0v) is 10.5. The van der Waals surface area contributed by atoms with Crippen LogP contribution in [0.2, 0.25) is 0 Å². The topological polar surface area (TPSA) is 26.7 Å². The third-order valence-corrected chi connectivity index (χ3v) is 2.25. The number of aliphatic hydroxyl groups is 1. The van der Waals surface area contributed by atoms with Crippen LogP contribution in [0.1, 0.15) is 26.2 Å². The largest absolute Gasteiger partial charge is 0.673 e. The summed E-state index contributed by atoms with van der Waals surface area (Å²) >= 11 is 0. The molecule has 0 saturated carbocycles. The molecule has 0 saturated heterocycles. The zero-order chi connectivity index (χ0) is 14.0. The van der Waals surface area contributed by atoms with E-state index in [1.807, 2.05) is 0 Å². The number of hydrogen-bond acceptors (Lipinski definition) is 3. The van der Waals surface area contributed by atoms with Crippen LogP contribution in [0, 0.1) is 0 Å². The van der Waals surface area contributed by atoms with E-state index in [9.17, 15) is 17.3 Å². The highest BCUT2D eigenvalue weighted by Gasteiger charge is 2.20. The Labute approximate surface area is 105 Å². The molecule has 1 aliphatic rings. The zero-order valence-electron chi connectivity index (χ0n) is 10.5. The molecule has 0 aromatic carbocycles. The van der Waals surface area contributed by atoms with Gasteiger partial charge in [-0.05, 0) is 12.8 Å². The molecule has 0 atom stereocenters. The molecule has 18 heavy (non-hydrogen) atoms. The van der Waals surface area contributed by atoms with Crippen molar-refractivity contribution in [1.82, 2.24) is 9.80 Å². The van der Waals surface area contributed by atoms with E-state index in [4.69, 9.17) is 5.11 Å². The van der Waals surface area contributed by atoms with E-state index in [0.717, 1.165) is 26.2 Å². The van der Waals surface area contributed by atoms with E-state index in [2.05, 4.69) is 29.1 Å². The highest BCUT2D eigenvalue weighted by atomic mass is 19.5. The second-order valence-corrected chi connectivity index (χ2v) is 3.99. The molecule has 0 bridgehead atoms. The normalized spacial score (nSPS) is 14.8. The summed E-state index contributed by atoms with van der Waals surface area (Å²) < 4.78 is 39.0. The fourth-order valence-electron chi connectivity index (χ4n) is 1.44. The molecule has 0 fully saturated rings. The van der Waals surface area contributed by atoms with Crippen LogP contribution in [-0.2, 0) is 0 Å². The number of hydrogen-bond donors (Lipinski definition) is 1. The first kappa shape index (κ1) is 17.1. The minimum atomic E-state index is -6.00. The van der Waals surface area contributed by atoms with Crippen molar-refractivity contribution in [3.8, 4) is 0 Å². The van der Waals surface area contributed by atoms with E-state index < -0.39 is 7.25 Å². The van der Waals surface area contributed by atoms with Crippen molar-refractivity contribution >= 4 is 7.25 Å². The van der Waals surface area contributed by atoms with Gasteiger partial charge in [0, 0.05) is 32.1 Å². The fourth-order valence-corrected chi connectivity index (χ4v) is 1.44. The summed E-state index contributed by atoms with van der Waals surface area (Å²) in [5.74, 6) is 0. The molecular formula is C10H20BF4N2O-. The molecular weight excluding hydrogens is 251 g/mol. The number of nitrogens with zero attached hydrogens (tertiary/aromatic N) is 2. The van der Waals surface area contributed by atoms with Gasteiger partial charge in [-0.1, -0.05) is 13.3 Å².